The lowest BCUT2D eigenvalue weighted by Crippen LogP contribution is -2.50. The summed E-state index contributed by atoms with van der Waals surface area (Å²) < 4.78 is 0. The van der Waals surface area contributed by atoms with Crippen molar-refractivity contribution in [3.05, 3.63) is 0 Å². The first-order valence-electron chi connectivity index (χ1n) is 7.90. The lowest BCUT2D eigenvalue weighted by atomic mass is 9.85. The Morgan fingerprint density at radius 1 is 1.14 bits per heavy atom. The minimum Gasteiger partial charge on any atom is -0.352 e. The number of hydrogen-bond donors (Lipinski definition) is 2. The maximum absolute atomic E-state index is 12.4. The number of amides is 1. The van der Waals surface area contributed by atoms with Gasteiger partial charge in [-0.3, -0.25) is 4.79 Å². The lowest BCUT2D eigenvalue weighted by molar-refractivity contribution is -0.131. The number of nitrogens with two attached hydrogens (primary N) is 1. The van der Waals surface area contributed by atoms with Gasteiger partial charge in [0.05, 0.1) is 5.41 Å². The average molecular weight is 340 g/mol. The Labute approximate surface area is 141 Å². The van der Waals surface area contributed by atoms with E-state index in [4.69, 9.17) is 5.73 Å². The third-order valence-electron chi connectivity index (χ3n) is 4.79. The molecule has 0 spiro atoms. The Morgan fingerprint density at radius 2 is 1.71 bits per heavy atom. The molecular formula is C15H31Cl2N3O. The second kappa shape index (κ2) is 9.88. The van der Waals surface area contributed by atoms with Gasteiger partial charge in [-0.15, -0.1) is 24.8 Å². The number of likely N-dealkylation sites (tertiary alicyclic amines) is 1. The van der Waals surface area contributed by atoms with Crippen LogP contribution in [0.25, 0.3) is 0 Å². The molecule has 3 N–H and O–H groups in total. The number of hydrogen-bond acceptors (Lipinski definition) is 3. The summed E-state index contributed by atoms with van der Waals surface area (Å²) in [6.07, 6.45) is 8.17. The number of piperidine rings is 1. The van der Waals surface area contributed by atoms with Gasteiger partial charge in [0.1, 0.15) is 0 Å². The molecule has 0 radical (unpaired) electrons. The first-order chi connectivity index (χ1) is 9.16. The molecule has 1 unspecified atom stereocenters. The van der Waals surface area contributed by atoms with Crippen molar-refractivity contribution >= 4 is 30.7 Å². The maximum Gasteiger partial charge on any atom is 0.227 e. The van der Waals surface area contributed by atoms with Crippen molar-refractivity contribution in [2.45, 2.75) is 57.9 Å². The molecule has 1 aliphatic carbocycles. The van der Waals surface area contributed by atoms with Gasteiger partial charge in [0.2, 0.25) is 5.91 Å². The van der Waals surface area contributed by atoms with E-state index < -0.39 is 0 Å². The summed E-state index contributed by atoms with van der Waals surface area (Å²) in [5, 5.41) is 3.20. The highest BCUT2D eigenvalue weighted by Crippen LogP contribution is 2.37. The minimum absolute atomic E-state index is 0. The van der Waals surface area contributed by atoms with Crippen molar-refractivity contribution in [2.24, 2.45) is 11.1 Å². The van der Waals surface area contributed by atoms with Gasteiger partial charge in [0, 0.05) is 19.1 Å². The van der Waals surface area contributed by atoms with Crippen molar-refractivity contribution < 1.29 is 4.79 Å². The standard InChI is InChI=1S/C15H29N3O.2ClH/c1-13(11-18-9-5-2-6-10-18)17-14(19)15(12-16)7-3-4-8-15;;/h13H,2-12,16H2,1H3,(H,17,19);2*1H. The largest absolute Gasteiger partial charge is 0.352 e. The molecule has 2 rings (SSSR count). The third-order valence-corrected chi connectivity index (χ3v) is 4.79. The van der Waals surface area contributed by atoms with Crippen molar-refractivity contribution in [1.29, 1.82) is 0 Å². The van der Waals surface area contributed by atoms with E-state index in [1.807, 2.05) is 0 Å². The summed E-state index contributed by atoms with van der Waals surface area (Å²) in [6, 6.07) is 0.231. The van der Waals surface area contributed by atoms with Gasteiger partial charge >= 0.3 is 0 Å². The van der Waals surface area contributed by atoms with Crippen LogP contribution in [0, 0.1) is 5.41 Å². The molecule has 0 bridgehead atoms. The highest BCUT2D eigenvalue weighted by Gasteiger charge is 2.40. The lowest BCUT2D eigenvalue weighted by Gasteiger charge is -2.32. The second-order valence-electron chi connectivity index (χ2n) is 6.43. The molecule has 2 aliphatic rings. The quantitative estimate of drug-likeness (QED) is 0.808. The molecular weight excluding hydrogens is 309 g/mol. The van der Waals surface area contributed by atoms with Gasteiger partial charge in [0.25, 0.3) is 0 Å². The summed E-state index contributed by atoms with van der Waals surface area (Å²) in [6.45, 7) is 5.96. The molecule has 4 nitrogen and oxygen atoms in total. The molecule has 1 heterocycles. The molecule has 1 saturated carbocycles. The molecule has 21 heavy (non-hydrogen) atoms. The summed E-state index contributed by atoms with van der Waals surface area (Å²) >= 11 is 0. The van der Waals surface area contributed by atoms with E-state index in [1.54, 1.807) is 0 Å². The number of nitrogens with zero attached hydrogens (tertiary/aromatic N) is 1. The normalized spacial score (nSPS) is 22.8. The minimum atomic E-state index is -0.268. The summed E-state index contributed by atoms with van der Waals surface area (Å²) in [5.74, 6) is 0.192. The van der Waals surface area contributed by atoms with Crippen LogP contribution < -0.4 is 11.1 Å². The Kier molecular flexibility index (Phi) is 9.87. The number of carbonyl (C=O) groups is 1. The highest BCUT2D eigenvalue weighted by molar-refractivity contribution is 5.85. The fourth-order valence-corrected chi connectivity index (χ4v) is 3.53. The molecule has 1 atom stereocenters. The smallest absolute Gasteiger partial charge is 0.227 e. The molecule has 1 aliphatic heterocycles. The van der Waals surface area contributed by atoms with Crippen LogP contribution in [-0.4, -0.2) is 43.0 Å². The zero-order chi connectivity index (χ0) is 13.7. The molecule has 0 aromatic heterocycles. The topological polar surface area (TPSA) is 58.4 Å². The molecule has 0 aromatic carbocycles. The van der Waals surface area contributed by atoms with Gasteiger partial charge in [-0.1, -0.05) is 19.3 Å². The van der Waals surface area contributed by atoms with E-state index in [9.17, 15) is 4.79 Å². The Morgan fingerprint density at radius 3 is 2.24 bits per heavy atom. The van der Waals surface area contributed by atoms with Crippen molar-refractivity contribution in [3.63, 3.8) is 0 Å². The summed E-state index contributed by atoms with van der Waals surface area (Å²) in [4.78, 5) is 14.9. The zero-order valence-electron chi connectivity index (χ0n) is 13.1. The fraction of sp³-hybridized carbons (Fsp3) is 0.933. The first kappa shape index (κ1) is 21.0. The van der Waals surface area contributed by atoms with Crippen molar-refractivity contribution in [1.82, 2.24) is 10.2 Å². The van der Waals surface area contributed by atoms with Crippen LogP contribution >= 0.6 is 24.8 Å². The Bertz CT molecular complexity index is 303. The van der Waals surface area contributed by atoms with Gasteiger partial charge in [0.15, 0.2) is 0 Å². The molecule has 2 fully saturated rings. The van der Waals surface area contributed by atoms with E-state index in [-0.39, 0.29) is 42.2 Å². The summed E-state index contributed by atoms with van der Waals surface area (Å²) in [7, 11) is 0. The average Bonchev–Trinajstić information content (AvgIpc) is 2.89. The van der Waals surface area contributed by atoms with E-state index in [1.165, 1.54) is 32.4 Å². The van der Waals surface area contributed by atoms with Crippen LogP contribution in [0.15, 0.2) is 0 Å². The number of rotatable bonds is 5. The van der Waals surface area contributed by atoms with E-state index in [0.29, 0.717) is 6.54 Å². The van der Waals surface area contributed by atoms with Gasteiger partial charge in [-0.25, -0.2) is 0 Å². The van der Waals surface area contributed by atoms with E-state index in [0.717, 1.165) is 32.2 Å². The molecule has 0 aromatic rings. The van der Waals surface area contributed by atoms with E-state index in [2.05, 4.69) is 17.1 Å². The van der Waals surface area contributed by atoms with Crippen molar-refractivity contribution in [2.75, 3.05) is 26.2 Å². The van der Waals surface area contributed by atoms with Gasteiger partial charge in [-0.05, 0) is 45.7 Å². The highest BCUT2D eigenvalue weighted by atomic mass is 35.5. The first-order valence-corrected chi connectivity index (χ1v) is 7.90. The van der Waals surface area contributed by atoms with E-state index >= 15 is 0 Å². The predicted octanol–water partition coefficient (Wildman–Crippen LogP) is 2.34. The fourth-order valence-electron chi connectivity index (χ4n) is 3.53. The number of carbonyl (C=O) groups excluding carboxylic acids is 1. The predicted molar refractivity (Wildman–Crippen MR) is 92.3 cm³/mol. The van der Waals surface area contributed by atoms with Crippen LogP contribution in [0.4, 0.5) is 0 Å². The van der Waals surface area contributed by atoms with Gasteiger partial charge < -0.3 is 16.0 Å². The van der Waals surface area contributed by atoms with Crippen LogP contribution in [-0.2, 0) is 4.79 Å². The second-order valence-corrected chi connectivity index (χ2v) is 6.43. The SMILES string of the molecule is CC(CN1CCCCC1)NC(=O)C1(CN)CCCC1.Cl.Cl. The third kappa shape index (κ3) is 5.59. The Hall–Kier alpha value is -0.0300. The van der Waals surface area contributed by atoms with Crippen LogP contribution in [0.1, 0.15) is 51.9 Å². The van der Waals surface area contributed by atoms with Crippen LogP contribution in [0.3, 0.4) is 0 Å². The molecule has 6 heteroatoms. The molecule has 1 saturated heterocycles. The Balaban J connectivity index is 0.00000200. The van der Waals surface area contributed by atoms with Crippen LogP contribution in [0.2, 0.25) is 0 Å². The molecule has 126 valence electrons. The zero-order valence-corrected chi connectivity index (χ0v) is 14.7. The monoisotopic (exact) mass is 339 g/mol. The van der Waals surface area contributed by atoms with Crippen molar-refractivity contribution in [3.8, 4) is 0 Å². The maximum atomic E-state index is 12.4. The summed E-state index contributed by atoms with van der Waals surface area (Å²) in [5.41, 5.74) is 5.59. The van der Waals surface area contributed by atoms with Crippen LogP contribution in [0.5, 0.6) is 0 Å². The number of nitrogens with one attached hydrogen (secondary N) is 1. The molecule has 1 amide bonds. The van der Waals surface area contributed by atoms with Gasteiger partial charge in [-0.2, -0.15) is 0 Å². The number of halogens is 2.